The molecule has 1 aliphatic carbocycles. The molecule has 25 heavy (non-hydrogen) atoms. The fraction of sp³-hybridized carbons (Fsp3) is 0.286. The Labute approximate surface area is 148 Å². The molecule has 0 amide bonds. The number of rotatable bonds is 8. The molecule has 1 aromatic heterocycles. The Hall–Kier alpha value is -2.59. The molecule has 2 N–H and O–H groups in total. The van der Waals surface area contributed by atoms with Gasteiger partial charge < -0.3 is 15.0 Å². The Balaban J connectivity index is 1.32. The van der Waals surface area contributed by atoms with Gasteiger partial charge in [-0.25, -0.2) is 4.98 Å². The summed E-state index contributed by atoms with van der Waals surface area (Å²) in [6.07, 6.45) is 4.64. The van der Waals surface area contributed by atoms with Crippen molar-refractivity contribution in [2.45, 2.75) is 26.0 Å². The Bertz CT molecular complexity index is 792. The third-order valence-corrected chi connectivity index (χ3v) is 4.46. The molecule has 0 bridgehead atoms. The number of H-pyrrole nitrogens is 1. The van der Waals surface area contributed by atoms with E-state index < -0.39 is 0 Å². The first-order valence-electron chi connectivity index (χ1n) is 8.88. The van der Waals surface area contributed by atoms with E-state index in [1.807, 2.05) is 36.5 Å². The highest BCUT2D eigenvalue weighted by Gasteiger charge is 2.20. The van der Waals surface area contributed by atoms with Gasteiger partial charge in [-0.3, -0.25) is 0 Å². The number of imidazole rings is 1. The third-order valence-electron chi connectivity index (χ3n) is 4.46. The summed E-state index contributed by atoms with van der Waals surface area (Å²) in [6.45, 7) is 2.49. The van der Waals surface area contributed by atoms with E-state index in [-0.39, 0.29) is 0 Å². The lowest BCUT2D eigenvalue weighted by molar-refractivity contribution is 0.306. The first-order valence-corrected chi connectivity index (χ1v) is 8.88. The van der Waals surface area contributed by atoms with Gasteiger partial charge in [0.2, 0.25) is 0 Å². The van der Waals surface area contributed by atoms with Crippen LogP contribution in [0.4, 0.5) is 0 Å². The standard InChI is InChI=1S/C21H23N3O/c1-2-4-17(5-3-1)15-25-19-10-8-18(9-11-19)20-13-23-21(24-20)14-22-12-16-6-7-16/h1-5,8-11,13,16,22H,6-7,12,14-15H2,(H,23,24). The summed E-state index contributed by atoms with van der Waals surface area (Å²) < 4.78 is 5.83. The molecule has 4 rings (SSSR count). The van der Waals surface area contributed by atoms with Gasteiger partial charge in [0.05, 0.1) is 18.4 Å². The fourth-order valence-corrected chi connectivity index (χ4v) is 2.79. The maximum Gasteiger partial charge on any atom is 0.120 e. The minimum atomic E-state index is 0.584. The highest BCUT2D eigenvalue weighted by molar-refractivity contribution is 5.59. The van der Waals surface area contributed by atoms with Crippen LogP contribution in [0.1, 0.15) is 24.2 Å². The molecule has 128 valence electrons. The molecule has 3 aromatic rings. The van der Waals surface area contributed by atoms with Crippen molar-refractivity contribution in [2.24, 2.45) is 5.92 Å². The average molecular weight is 333 g/mol. The second-order valence-corrected chi connectivity index (χ2v) is 6.62. The van der Waals surface area contributed by atoms with Crippen LogP contribution < -0.4 is 10.1 Å². The van der Waals surface area contributed by atoms with Crippen molar-refractivity contribution in [3.63, 3.8) is 0 Å². The predicted octanol–water partition coefficient (Wildman–Crippen LogP) is 4.16. The maximum absolute atomic E-state index is 5.83. The number of nitrogens with zero attached hydrogens (tertiary/aromatic N) is 1. The lowest BCUT2D eigenvalue weighted by Crippen LogP contribution is -2.16. The van der Waals surface area contributed by atoms with Crippen molar-refractivity contribution < 1.29 is 4.74 Å². The van der Waals surface area contributed by atoms with Crippen LogP contribution in [0.25, 0.3) is 11.3 Å². The van der Waals surface area contributed by atoms with Gasteiger partial charge in [-0.05, 0) is 60.7 Å². The summed E-state index contributed by atoms with van der Waals surface area (Å²) in [5, 5.41) is 3.46. The van der Waals surface area contributed by atoms with Crippen molar-refractivity contribution in [1.82, 2.24) is 15.3 Å². The van der Waals surface area contributed by atoms with Gasteiger partial charge in [-0.15, -0.1) is 0 Å². The summed E-state index contributed by atoms with van der Waals surface area (Å²) in [4.78, 5) is 7.85. The summed E-state index contributed by atoms with van der Waals surface area (Å²) >= 11 is 0. The van der Waals surface area contributed by atoms with E-state index in [0.29, 0.717) is 6.61 Å². The first kappa shape index (κ1) is 15.9. The fourth-order valence-electron chi connectivity index (χ4n) is 2.79. The normalized spacial score (nSPS) is 13.8. The Kier molecular flexibility index (Phi) is 4.79. The molecule has 0 atom stereocenters. The average Bonchev–Trinajstić information content (AvgIpc) is 3.37. The number of hydrogen-bond acceptors (Lipinski definition) is 3. The molecule has 0 spiro atoms. The van der Waals surface area contributed by atoms with Gasteiger partial charge in [0.25, 0.3) is 0 Å². The Morgan fingerprint density at radius 3 is 2.60 bits per heavy atom. The molecule has 0 unspecified atom stereocenters. The van der Waals surface area contributed by atoms with Crippen molar-refractivity contribution in [2.75, 3.05) is 6.54 Å². The van der Waals surface area contributed by atoms with E-state index in [4.69, 9.17) is 4.74 Å². The number of nitrogens with one attached hydrogen (secondary N) is 2. The van der Waals surface area contributed by atoms with Gasteiger partial charge in [0, 0.05) is 0 Å². The number of ether oxygens (including phenoxy) is 1. The van der Waals surface area contributed by atoms with Crippen LogP contribution >= 0.6 is 0 Å². The second kappa shape index (κ2) is 7.53. The zero-order chi connectivity index (χ0) is 16.9. The molecule has 1 fully saturated rings. The second-order valence-electron chi connectivity index (χ2n) is 6.62. The van der Waals surface area contributed by atoms with Crippen LogP contribution in [-0.4, -0.2) is 16.5 Å². The largest absolute Gasteiger partial charge is 0.489 e. The van der Waals surface area contributed by atoms with Gasteiger partial charge in [-0.1, -0.05) is 30.3 Å². The predicted molar refractivity (Wildman–Crippen MR) is 99.2 cm³/mol. The molecular weight excluding hydrogens is 310 g/mol. The Morgan fingerprint density at radius 2 is 1.84 bits per heavy atom. The summed E-state index contributed by atoms with van der Waals surface area (Å²) in [7, 11) is 0. The van der Waals surface area contributed by atoms with Crippen LogP contribution in [-0.2, 0) is 13.2 Å². The molecule has 4 heteroatoms. The van der Waals surface area contributed by atoms with Crippen LogP contribution in [0.3, 0.4) is 0 Å². The quantitative estimate of drug-likeness (QED) is 0.651. The van der Waals surface area contributed by atoms with E-state index in [9.17, 15) is 0 Å². The summed E-state index contributed by atoms with van der Waals surface area (Å²) in [6, 6.07) is 18.3. The van der Waals surface area contributed by atoms with Gasteiger partial charge in [0.1, 0.15) is 18.2 Å². The molecule has 0 aliphatic heterocycles. The van der Waals surface area contributed by atoms with E-state index in [2.05, 4.69) is 39.6 Å². The van der Waals surface area contributed by atoms with Crippen LogP contribution in [0.15, 0.2) is 60.8 Å². The lowest BCUT2D eigenvalue weighted by Gasteiger charge is -2.07. The zero-order valence-corrected chi connectivity index (χ0v) is 14.2. The first-order chi connectivity index (χ1) is 12.4. The van der Waals surface area contributed by atoms with Crippen molar-refractivity contribution in [3.8, 4) is 17.0 Å². The number of aromatic nitrogens is 2. The SMILES string of the molecule is c1ccc(COc2ccc(-c3cnc(CNCC4CC4)[nH]3)cc2)cc1. The topological polar surface area (TPSA) is 49.9 Å². The maximum atomic E-state index is 5.83. The monoisotopic (exact) mass is 333 g/mol. The molecule has 1 saturated carbocycles. The van der Waals surface area contributed by atoms with Gasteiger partial charge in [-0.2, -0.15) is 0 Å². The molecule has 2 aromatic carbocycles. The van der Waals surface area contributed by atoms with Crippen LogP contribution in [0.2, 0.25) is 0 Å². The lowest BCUT2D eigenvalue weighted by atomic mass is 10.1. The highest BCUT2D eigenvalue weighted by Crippen LogP contribution is 2.27. The van der Waals surface area contributed by atoms with Gasteiger partial charge in [0.15, 0.2) is 0 Å². The molecular formula is C21H23N3O. The molecule has 1 aliphatic rings. The van der Waals surface area contributed by atoms with Crippen LogP contribution in [0.5, 0.6) is 5.75 Å². The molecule has 0 radical (unpaired) electrons. The molecule has 1 heterocycles. The smallest absolute Gasteiger partial charge is 0.120 e. The van der Waals surface area contributed by atoms with E-state index >= 15 is 0 Å². The summed E-state index contributed by atoms with van der Waals surface area (Å²) in [5.41, 5.74) is 3.33. The molecule has 0 saturated heterocycles. The van der Waals surface area contributed by atoms with Crippen molar-refractivity contribution in [1.29, 1.82) is 0 Å². The zero-order valence-electron chi connectivity index (χ0n) is 14.2. The number of benzene rings is 2. The summed E-state index contributed by atoms with van der Waals surface area (Å²) in [5.74, 6) is 2.75. The van der Waals surface area contributed by atoms with E-state index in [1.165, 1.54) is 18.4 Å². The highest BCUT2D eigenvalue weighted by atomic mass is 16.5. The van der Waals surface area contributed by atoms with Crippen molar-refractivity contribution in [3.05, 3.63) is 72.2 Å². The van der Waals surface area contributed by atoms with Crippen molar-refractivity contribution >= 4 is 0 Å². The Morgan fingerprint density at radius 1 is 1.04 bits per heavy atom. The number of aromatic amines is 1. The van der Waals surface area contributed by atoms with Gasteiger partial charge >= 0.3 is 0 Å². The van der Waals surface area contributed by atoms with Crippen LogP contribution in [0, 0.1) is 5.92 Å². The molecule has 4 nitrogen and oxygen atoms in total. The third kappa shape index (κ3) is 4.48. The van der Waals surface area contributed by atoms with E-state index in [1.54, 1.807) is 0 Å². The minimum absolute atomic E-state index is 0.584. The van der Waals surface area contributed by atoms with E-state index in [0.717, 1.165) is 41.8 Å². The minimum Gasteiger partial charge on any atom is -0.489 e. The number of hydrogen-bond donors (Lipinski definition) is 2.